The molecule has 118 valence electrons. The Kier molecular flexibility index (Phi) is 5.47. The summed E-state index contributed by atoms with van der Waals surface area (Å²) in [5.74, 6) is 2.12. The summed E-state index contributed by atoms with van der Waals surface area (Å²) < 4.78 is 16.1. The van der Waals surface area contributed by atoms with E-state index in [9.17, 15) is 4.79 Å². The summed E-state index contributed by atoms with van der Waals surface area (Å²) in [5, 5.41) is 2.79. The van der Waals surface area contributed by atoms with E-state index in [1.54, 1.807) is 37.6 Å². The van der Waals surface area contributed by atoms with Crippen molar-refractivity contribution < 1.29 is 18.7 Å². The molecule has 0 spiro atoms. The smallest absolute Gasteiger partial charge is 0.251 e. The molecule has 0 saturated heterocycles. The van der Waals surface area contributed by atoms with Gasteiger partial charge in [0.1, 0.15) is 5.76 Å². The second-order valence-electron chi connectivity index (χ2n) is 5.33. The van der Waals surface area contributed by atoms with Crippen LogP contribution in [0, 0.1) is 5.92 Å². The van der Waals surface area contributed by atoms with Crippen LogP contribution in [0.2, 0.25) is 0 Å². The monoisotopic (exact) mass is 303 g/mol. The number of nitrogens with one attached hydrogen (secondary N) is 1. The zero-order valence-electron chi connectivity index (χ0n) is 13.1. The largest absolute Gasteiger partial charge is 0.493 e. The Balaban J connectivity index is 2.02. The number of rotatable bonds is 7. The first-order chi connectivity index (χ1) is 10.6. The summed E-state index contributed by atoms with van der Waals surface area (Å²) in [5.41, 5.74) is 0.514. The van der Waals surface area contributed by atoms with Gasteiger partial charge in [0.05, 0.1) is 26.5 Å². The van der Waals surface area contributed by atoms with Crippen LogP contribution in [0.3, 0.4) is 0 Å². The predicted octanol–water partition coefficient (Wildman–Crippen LogP) is 3.25. The van der Waals surface area contributed by atoms with Crippen molar-refractivity contribution in [3.8, 4) is 11.5 Å². The normalized spacial score (nSPS) is 10.5. The van der Waals surface area contributed by atoms with Gasteiger partial charge in [-0.25, -0.2) is 0 Å². The molecule has 5 heteroatoms. The highest BCUT2D eigenvalue weighted by atomic mass is 16.5. The van der Waals surface area contributed by atoms with Gasteiger partial charge in [-0.1, -0.05) is 13.8 Å². The fraction of sp³-hybridized carbons (Fsp3) is 0.353. The van der Waals surface area contributed by atoms with Crippen molar-refractivity contribution in [2.45, 2.75) is 20.4 Å². The molecule has 0 atom stereocenters. The van der Waals surface area contributed by atoms with E-state index in [-0.39, 0.29) is 5.91 Å². The number of benzene rings is 1. The minimum atomic E-state index is -0.190. The van der Waals surface area contributed by atoms with Gasteiger partial charge in [0.25, 0.3) is 5.91 Å². The van der Waals surface area contributed by atoms with E-state index in [0.29, 0.717) is 41.9 Å². The minimum Gasteiger partial charge on any atom is -0.493 e. The molecule has 0 bridgehead atoms. The van der Waals surface area contributed by atoms with Crippen molar-refractivity contribution >= 4 is 5.91 Å². The van der Waals surface area contributed by atoms with Gasteiger partial charge in [-0.3, -0.25) is 4.79 Å². The first-order valence-corrected chi connectivity index (χ1v) is 7.21. The number of amides is 1. The van der Waals surface area contributed by atoms with Crippen LogP contribution in [0.4, 0.5) is 0 Å². The summed E-state index contributed by atoms with van der Waals surface area (Å²) >= 11 is 0. The summed E-state index contributed by atoms with van der Waals surface area (Å²) in [6.45, 7) is 5.09. The van der Waals surface area contributed by atoms with Gasteiger partial charge in [0.2, 0.25) is 0 Å². The molecular formula is C17H21NO4. The third kappa shape index (κ3) is 4.28. The van der Waals surface area contributed by atoms with E-state index < -0.39 is 0 Å². The molecule has 0 fully saturated rings. The molecule has 2 aromatic rings. The van der Waals surface area contributed by atoms with Crippen LogP contribution in [0.15, 0.2) is 41.0 Å². The standard InChI is InChI=1S/C17H21NO4/c1-12(2)11-22-15-7-6-13(9-16(15)20-3)17(19)18-10-14-5-4-8-21-14/h4-9,12H,10-11H2,1-3H3,(H,18,19). The number of carbonyl (C=O) groups is 1. The van der Waals surface area contributed by atoms with Gasteiger partial charge in [-0.2, -0.15) is 0 Å². The van der Waals surface area contributed by atoms with Crippen LogP contribution in [-0.2, 0) is 6.54 Å². The van der Waals surface area contributed by atoms with E-state index in [2.05, 4.69) is 19.2 Å². The van der Waals surface area contributed by atoms with Crippen molar-refractivity contribution in [2.24, 2.45) is 5.92 Å². The Morgan fingerprint density at radius 1 is 1.27 bits per heavy atom. The predicted molar refractivity (Wildman–Crippen MR) is 83.2 cm³/mol. The second-order valence-corrected chi connectivity index (χ2v) is 5.33. The fourth-order valence-electron chi connectivity index (χ4n) is 1.87. The zero-order chi connectivity index (χ0) is 15.9. The molecule has 1 aromatic heterocycles. The van der Waals surface area contributed by atoms with Crippen LogP contribution in [-0.4, -0.2) is 19.6 Å². The summed E-state index contributed by atoms with van der Waals surface area (Å²) in [4.78, 5) is 12.1. The van der Waals surface area contributed by atoms with E-state index in [4.69, 9.17) is 13.9 Å². The molecule has 2 rings (SSSR count). The molecular weight excluding hydrogens is 282 g/mol. The summed E-state index contributed by atoms with van der Waals surface area (Å²) in [6, 6.07) is 8.74. The highest BCUT2D eigenvalue weighted by Crippen LogP contribution is 2.28. The van der Waals surface area contributed by atoms with Crippen molar-refractivity contribution in [3.63, 3.8) is 0 Å². The maximum atomic E-state index is 12.1. The SMILES string of the molecule is COc1cc(C(=O)NCc2ccco2)ccc1OCC(C)C. The van der Waals surface area contributed by atoms with Crippen molar-refractivity contribution in [3.05, 3.63) is 47.9 Å². The van der Waals surface area contributed by atoms with Crippen molar-refractivity contribution in [1.82, 2.24) is 5.32 Å². The molecule has 1 N–H and O–H groups in total. The molecule has 22 heavy (non-hydrogen) atoms. The van der Waals surface area contributed by atoms with Gasteiger partial charge < -0.3 is 19.2 Å². The molecule has 1 amide bonds. The number of methoxy groups -OCH3 is 1. The van der Waals surface area contributed by atoms with E-state index >= 15 is 0 Å². The minimum absolute atomic E-state index is 0.190. The van der Waals surface area contributed by atoms with Crippen LogP contribution >= 0.6 is 0 Å². The Bertz CT molecular complexity index is 605. The molecule has 0 aliphatic heterocycles. The van der Waals surface area contributed by atoms with Gasteiger partial charge in [0.15, 0.2) is 11.5 Å². The molecule has 0 unspecified atom stereocenters. The first-order valence-electron chi connectivity index (χ1n) is 7.21. The molecule has 1 aromatic carbocycles. The Morgan fingerprint density at radius 3 is 2.73 bits per heavy atom. The van der Waals surface area contributed by atoms with Crippen LogP contribution < -0.4 is 14.8 Å². The van der Waals surface area contributed by atoms with Crippen LogP contribution in [0.1, 0.15) is 30.0 Å². The summed E-state index contributed by atoms with van der Waals surface area (Å²) in [6.07, 6.45) is 1.57. The topological polar surface area (TPSA) is 60.7 Å². The number of hydrogen-bond donors (Lipinski definition) is 1. The van der Waals surface area contributed by atoms with Crippen molar-refractivity contribution in [2.75, 3.05) is 13.7 Å². The zero-order valence-corrected chi connectivity index (χ0v) is 13.1. The maximum absolute atomic E-state index is 12.1. The molecule has 0 radical (unpaired) electrons. The molecule has 1 heterocycles. The van der Waals surface area contributed by atoms with Gasteiger partial charge >= 0.3 is 0 Å². The van der Waals surface area contributed by atoms with E-state index in [1.807, 2.05) is 6.07 Å². The van der Waals surface area contributed by atoms with Gasteiger partial charge in [0, 0.05) is 5.56 Å². The Labute approximate surface area is 130 Å². The fourth-order valence-corrected chi connectivity index (χ4v) is 1.87. The number of ether oxygens (including phenoxy) is 2. The third-order valence-corrected chi connectivity index (χ3v) is 3.00. The molecule has 0 saturated carbocycles. The first kappa shape index (κ1) is 15.9. The summed E-state index contributed by atoms with van der Waals surface area (Å²) in [7, 11) is 1.56. The lowest BCUT2D eigenvalue weighted by Crippen LogP contribution is -2.22. The lowest BCUT2D eigenvalue weighted by molar-refractivity contribution is 0.0947. The average molecular weight is 303 g/mol. The lowest BCUT2D eigenvalue weighted by Gasteiger charge is -2.13. The Hall–Kier alpha value is -2.43. The quantitative estimate of drug-likeness (QED) is 0.853. The lowest BCUT2D eigenvalue weighted by atomic mass is 10.2. The van der Waals surface area contributed by atoms with Crippen LogP contribution in [0.25, 0.3) is 0 Å². The van der Waals surface area contributed by atoms with E-state index in [0.717, 1.165) is 0 Å². The maximum Gasteiger partial charge on any atom is 0.251 e. The third-order valence-electron chi connectivity index (χ3n) is 3.00. The number of furan rings is 1. The Morgan fingerprint density at radius 2 is 2.09 bits per heavy atom. The average Bonchev–Trinajstić information content (AvgIpc) is 3.03. The highest BCUT2D eigenvalue weighted by Gasteiger charge is 2.12. The van der Waals surface area contributed by atoms with E-state index in [1.165, 1.54) is 0 Å². The second kappa shape index (κ2) is 7.54. The molecule has 0 aliphatic carbocycles. The number of hydrogen-bond acceptors (Lipinski definition) is 4. The number of carbonyl (C=O) groups excluding carboxylic acids is 1. The van der Waals surface area contributed by atoms with Crippen molar-refractivity contribution in [1.29, 1.82) is 0 Å². The van der Waals surface area contributed by atoms with Gasteiger partial charge in [-0.05, 0) is 36.2 Å². The molecule has 0 aliphatic rings. The van der Waals surface area contributed by atoms with Gasteiger partial charge in [-0.15, -0.1) is 0 Å². The molecule has 5 nitrogen and oxygen atoms in total. The van der Waals surface area contributed by atoms with Crippen LogP contribution in [0.5, 0.6) is 11.5 Å². The highest BCUT2D eigenvalue weighted by molar-refractivity contribution is 5.94.